The van der Waals surface area contributed by atoms with Crippen molar-refractivity contribution in [2.24, 2.45) is 11.8 Å². The minimum atomic E-state index is -1.88. The van der Waals surface area contributed by atoms with Crippen molar-refractivity contribution in [1.29, 1.82) is 0 Å². The van der Waals surface area contributed by atoms with Crippen molar-refractivity contribution in [3.05, 3.63) is 12.7 Å². The van der Waals surface area contributed by atoms with Crippen LogP contribution in [-0.2, 0) is 11.1 Å². The molecule has 1 rings (SSSR count). The second-order valence-corrected chi connectivity index (χ2v) is 4.03. The Bertz CT molecular complexity index is 168. The molecule has 0 saturated heterocycles. The van der Waals surface area contributed by atoms with Gasteiger partial charge in [-0.1, -0.05) is 17.2 Å². The standard InChI is InChI=1S/C8H14O2S.Na/c1-2-3-8(6-11(9)10)7-4-5-7;/h2,7-8H,1,3-6H2,(H,9,10);/q;+1/p-1/t8-;/m0./s1. The average Bonchev–Trinajstić information content (AvgIpc) is 2.66. The molecule has 1 aliphatic rings. The van der Waals surface area contributed by atoms with Gasteiger partial charge in [0.05, 0.1) is 0 Å². The topological polar surface area (TPSA) is 40.1 Å². The molecule has 1 aliphatic carbocycles. The van der Waals surface area contributed by atoms with Crippen molar-refractivity contribution < 1.29 is 38.3 Å². The number of rotatable bonds is 5. The van der Waals surface area contributed by atoms with Gasteiger partial charge in [0, 0.05) is 5.75 Å². The first-order valence-corrected chi connectivity index (χ1v) is 5.15. The second-order valence-electron chi connectivity index (χ2n) is 3.09. The third kappa shape index (κ3) is 4.77. The molecule has 0 amide bonds. The summed E-state index contributed by atoms with van der Waals surface area (Å²) >= 11 is -1.88. The van der Waals surface area contributed by atoms with Crippen LogP contribution in [0.15, 0.2) is 12.7 Å². The fraction of sp³-hybridized carbons (Fsp3) is 0.750. The molecule has 0 radical (unpaired) electrons. The van der Waals surface area contributed by atoms with Crippen LogP contribution >= 0.6 is 0 Å². The quantitative estimate of drug-likeness (QED) is 0.304. The first kappa shape index (κ1) is 12.8. The Balaban J connectivity index is 0.00000121. The van der Waals surface area contributed by atoms with Crippen LogP contribution in [0.4, 0.5) is 0 Å². The summed E-state index contributed by atoms with van der Waals surface area (Å²) in [6, 6.07) is 0. The van der Waals surface area contributed by atoms with Gasteiger partial charge >= 0.3 is 29.6 Å². The minimum absolute atomic E-state index is 0. The zero-order chi connectivity index (χ0) is 8.27. The third-order valence-corrected chi connectivity index (χ3v) is 2.81. The summed E-state index contributed by atoms with van der Waals surface area (Å²) in [7, 11) is 0. The zero-order valence-electron chi connectivity index (χ0n) is 7.49. The molecule has 12 heavy (non-hydrogen) atoms. The van der Waals surface area contributed by atoms with Crippen LogP contribution < -0.4 is 29.6 Å². The molecular weight excluding hydrogens is 183 g/mol. The van der Waals surface area contributed by atoms with Gasteiger partial charge in [0.25, 0.3) is 0 Å². The first-order chi connectivity index (χ1) is 5.24. The Morgan fingerprint density at radius 2 is 2.25 bits per heavy atom. The van der Waals surface area contributed by atoms with Crippen molar-refractivity contribution in [3.8, 4) is 0 Å². The third-order valence-electron chi connectivity index (χ3n) is 2.11. The van der Waals surface area contributed by atoms with Crippen LogP contribution in [0, 0.1) is 11.8 Å². The number of hydrogen-bond donors (Lipinski definition) is 0. The number of allylic oxidation sites excluding steroid dienone is 1. The van der Waals surface area contributed by atoms with E-state index in [0.29, 0.717) is 17.6 Å². The van der Waals surface area contributed by atoms with Gasteiger partial charge in [-0.25, -0.2) is 0 Å². The van der Waals surface area contributed by atoms with Crippen LogP contribution in [0.1, 0.15) is 19.3 Å². The van der Waals surface area contributed by atoms with E-state index in [-0.39, 0.29) is 29.6 Å². The summed E-state index contributed by atoms with van der Waals surface area (Å²) in [5, 5.41) is 0. The maximum atomic E-state index is 10.4. The van der Waals surface area contributed by atoms with E-state index in [9.17, 15) is 8.76 Å². The summed E-state index contributed by atoms with van der Waals surface area (Å²) in [4.78, 5) is 0. The van der Waals surface area contributed by atoms with Crippen LogP contribution in [0.3, 0.4) is 0 Å². The SMILES string of the molecule is C=CC[C@@H](CS(=O)[O-])C1CC1.[Na+]. The van der Waals surface area contributed by atoms with Crippen LogP contribution in [0.5, 0.6) is 0 Å². The van der Waals surface area contributed by atoms with Crippen molar-refractivity contribution in [3.63, 3.8) is 0 Å². The fourth-order valence-corrected chi connectivity index (χ4v) is 2.11. The summed E-state index contributed by atoms with van der Waals surface area (Å²) < 4.78 is 20.8. The molecule has 0 aliphatic heterocycles. The minimum Gasteiger partial charge on any atom is -0.772 e. The molecule has 1 unspecified atom stereocenters. The summed E-state index contributed by atoms with van der Waals surface area (Å²) in [6.45, 7) is 3.62. The van der Waals surface area contributed by atoms with Gasteiger partial charge in [-0.05, 0) is 31.1 Å². The monoisotopic (exact) mass is 196 g/mol. The first-order valence-electron chi connectivity index (χ1n) is 3.90. The van der Waals surface area contributed by atoms with E-state index in [1.54, 1.807) is 0 Å². The van der Waals surface area contributed by atoms with Crippen molar-refractivity contribution in [2.45, 2.75) is 19.3 Å². The Kier molecular flexibility index (Phi) is 6.77. The smallest absolute Gasteiger partial charge is 0.772 e. The number of hydrogen-bond acceptors (Lipinski definition) is 2. The van der Waals surface area contributed by atoms with E-state index in [1.165, 1.54) is 12.8 Å². The molecule has 0 spiro atoms. The van der Waals surface area contributed by atoms with Gasteiger partial charge in [0.15, 0.2) is 0 Å². The largest absolute Gasteiger partial charge is 1.00 e. The Morgan fingerprint density at radius 1 is 1.67 bits per heavy atom. The predicted octanol–water partition coefficient (Wildman–Crippen LogP) is -1.53. The second kappa shape index (κ2) is 6.33. The molecule has 0 N–H and O–H groups in total. The van der Waals surface area contributed by atoms with E-state index in [4.69, 9.17) is 0 Å². The maximum absolute atomic E-state index is 10.4. The summed E-state index contributed by atoms with van der Waals surface area (Å²) in [5.41, 5.74) is 0. The van der Waals surface area contributed by atoms with E-state index >= 15 is 0 Å². The summed E-state index contributed by atoms with van der Waals surface area (Å²) in [6.07, 6.45) is 5.07. The predicted molar refractivity (Wildman–Crippen MR) is 44.8 cm³/mol. The van der Waals surface area contributed by atoms with Crippen molar-refractivity contribution in [2.75, 3.05) is 5.75 Å². The molecule has 1 fully saturated rings. The Labute approximate surface area is 98.4 Å². The Hall–Kier alpha value is 0.850. The molecule has 0 heterocycles. The molecular formula is C8H13NaO2S. The van der Waals surface area contributed by atoms with E-state index in [0.717, 1.165) is 6.42 Å². The molecule has 4 heteroatoms. The van der Waals surface area contributed by atoms with Gasteiger partial charge in [0.1, 0.15) is 0 Å². The van der Waals surface area contributed by atoms with E-state index < -0.39 is 11.1 Å². The zero-order valence-corrected chi connectivity index (χ0v) is 10.3. The van der Waals surface area contributed by atoms with E-state index in [1.807, 2.05) is 6.08 Å². The average molecular weight is 196 g/mol. The molecule has 2 nitrogen and oxygen atoms in total. The maximum Gasteiger partial charge on any atom is 1.00 e. The van der Waals surface area contributed by atoms with Crippen molar-refractivity contribution in [1.82, 2.24) is 0 Å². The Morgan fingerprint density at radius 3 is 2.58 bits per heavy atom. The van der Waals surface area contributed by atoms with Gasteiger partial charge < -0.3 is 4.55 Å². The molecule has 1 saturated carbocycles. The van der Waals surface area contributed by atoms with Gasteiger partial charge in [-0.2, -0.15) is 0 Å². The summed E-state index contributed by atoms with van der Waals surface area (Å²) in [5.74, 6) is 1.31. The van der Waals surface area contributed by atoms with Crippen LogP contribution in [0.2, 0.25) is 0 Å². The van der Waals surface area contributed by atoms with Gasteiger partial charge in [-0.15, -0.1) is 6.58 Å². The van der Waals surface area contributed by atoms with Gasteiger partial charge in [0.2, 0.25) is 0 Å². The molecule has 0 aromatic heterocycles. The van der Waals surface area contributed by atoms with Crippen LogP contribution in [0.25, 0.3) is 0 Å². The van der Waals surface area contributed by atoms with Crippen molar-refractivity contribution >= 4 is 11.1 Å². The van der Waals surface area contributed by atoms with Crippen LogP contribution in [-0.4, -0.2) is 14.5 Å². The van der Waals surface area contributed by atoms with Gasteiger partial charge in [-0.3, -0.25) is 4.21 Å². The molecule has 0 bridgehead atoms. The van der Waals surface area contributed by atoms with E-state index in [2.05, 4.69) is 6.58 Å². The molecule has 0 aromatic rings. The normalized spacial score (nSPS) is 20.8. The molecule has 0 aromatic carbocycles. The molecule has 2 atom stereocenters. The molecule has 64 valence electrons. The fourth-order valence-electron chi connectivity index (χ4n) is 1.35.